The molecule has 0 unspecified atom stereocenters. The van der Waals surface area contributed by atoms with Crippen LogP contribution in [0.25, 0.3) is 0 Å². The fourth-order valence-electron chi connectivity index (χ4n) is 4.18. The highest BCUT2D eigenvalue weighted by Gasteiger charge is 2.50. The molecule has 0 saturated carbocycles. The Morgan fingerprint density at radius 1 is 1.11 bits per heavy atom. The zero-order valence-electron chi connectivity index (χ0n) is 20.1. The van der Waals surface area contributed by atoms with E-state index in [0.29, 0.717) is 6.42 Å². The predicted octanol–water partition coefficient (Wildman–Crippen LogP) is -1.83. The van der Waals surface area contributed by atoms with E-state index in [-0.39, 0.29) is 17.5 Å². The first-order valence-electron chi connectivity index (χ1n) is 11.9. The summed E-state index contributed by atoms with van der Waals surface area (Å²) in [5, 5.41) is 90.7. The number of unbranched alkanes of at least 4 members (excludes halogenated alkanes) is 2. The molecular formula is C23H34O14. The van der Waals surface area contributed by atoms with Crippen molar-refractivity contribution in [2.45, 2.75) is 81.3 Å². The summed E-state index contributed by atoms with van der Waals surface area (Å²) in [6, 6.07) is 0.875. The van der Waals surface area contributed by atoms with Crippen LogP contribution in [0.1, 0.15) is 42.1 Å². The van der Waals surface area contributed by atoms with Gasteiger partial charge in [0.1, 0.15) is 36.1 Å². The molecule has 3 rings (SSSR count). The molecule has 210 valence electrons. The monoisotopic (exact) mass is 534 g/mol. The fraction of sp³-hybridized carbons (Fsp3) is 0.696. The molecule has 0 bridgehead atoms. The standard InChI is InChI=1S/C23H34O14/c1-2-3-4-5-10-11(20(31)32)6-12(25)14(26)18(10)37-21-17(29)16(28)15(27)13(36-21)7-34-22-19(30)23(33,8-24)9-35-22/h6,13,15-17,19,21-22,24-30,33H,2-5,7-9H2,1H3,(H,31,32)/t13-,15-,16+,17-,19+,21-,22+,23-/m1/s1. The average molecular weight is 535 g/mol. The zero-order valence-corrected chi connectivity index (χ0v) is 20.1. The van der Waals surface area contributed by atoms with Crippen molar-refractivity contribution in [2.75, 3.05) is 19.8 Å². The van der Waals surface area contributed by atoms with E-state index < -0.39 is 91.7 Å². The van der Waals surface area contributed by atoms with Gasteiger partial charge in [0.25, 0.3) is 0 Å². The Morgan fingerprint density at radius 2 is 1.81 bits per heavy atom. The van der Waals surface area contributed by atoms with Crippen molar-refractivity contribution in [1.82, 2.24) is 0 Å². The van der Waals surface area contributed by atoms with E-state index in [1.807, 2.05) is 6.92 Å². The minimum Gasteiger partial charge on any atom is -0.504 e. The second-order valence-electron chi connectivity index (χ2n) is 9.21. The third-order valence-electron chi connectivity index (χ3n) is 6.51. The van der Waals surface area contributed by atoms with Crippen LogP contribution in [0.4, 0.5) is 0 Å². The second kappa shape index (κ2) is 12.1. The third-order valence-corrected chi connectivity index (χ3v) is 6.51. The van der Waals surface area contributed by atoms with Crippen LogP contribution < -0.4 is 4.74 Å². The smallest absolute Gasteiger partial charge is 0.336 e. The average Bonchev–Trinajstić information content (AvgIpc) is 3.16. The number of benzene rings is 1. The van der Waals surface area contributed by atoms with Crippen molar-refractivity contribution in [1.29, 1.82) is 0 Å². The molecule has 37 heavy (non-hydrogen) atoms. The largest absolute Gasteiger partial charge is 0.504 e. The SMILES string of the molecule is CCCCCc1c(C(=O)O)cc(O)c(O)c1O[C@H]1O[C@H](CO[C@H]2OC[C@](O)(CO)[C@H]2O)[C@@H](O)[C@H](O)[C@H]1O. The van der Waals surface area contributed by atoms with Crippen LogP contribution >= 0.6 is 0 Å². The van der Waals surface area contributed by atoms with Gasteiger partial charge in [0.05, 0.1) is 25.4 Å². The van der Waals surface area contributed by atoms with Crippen LogP contribution in [0.3, 0.4) is 0 Å². The lowest BCUT2D eigenvalue weighted by atomic mass is 9.97. The molecule has 1 aromatic carbocycles. The number of aliphatic hydroxyl groups excluding tert-OH is 5. The number of phenols is 2. The van der Waals surface area contributed by atoms with Gasteiger partial charge >= 0.3 is 5.97 Å². The Balaban J connectivity index is 1.82. The van der Waals surface area contributed by atoms with Gasteiger partial charge in [-0.15, -0.1) is 0 Å². The Kier molecular flexibility index (Phi) is 9.55. The molecule has 14 heteroatoms. The summed E-state index contributed by atoms with van der Waals surface area (Å²) in [4.78, 5) is 11.8. The number of aromatic carboxylic acids is 1. The van der Waals surface area contributed by atoms with Gasteiger partial charge < -0.3 is 64.9 Å². The summed E-state index contributed by atoms with van der Waals surface area (Å²) in [6.07, 6.45) is -9.38. The van der Waals surface area contributed by atoms with Gasteiger partial charge in [-0.3, -0.25) is 0 Å². The molecule has 0 spiro atoms. The molecule has 2 aliphatic heterocycles. The van der Waals surface area contributed by atoms with Crippen molar-refractivity contribution >= 4 is 5.97 Å². The lowest BCUT2D eigenvalue weighted by molar-refractivity contribution is -0.289. The number of phenolic OH excluding ortho intramolecular Hbond substituents is 2. The van der Waals surface area contributed by atoms with E-state index in [2.05, 4.69) is 0 Å². The van der Waals surface area contributed by atoms with Gasteiger partial charge in [0, 0.05) is 5.56 Å². The van der Waals surface area contributed by atoms with Crippen molar-refractivity contribution in [2.24, 2.45) is 0 Å². The molecule has 0 amide bonds. The highest BCUT2D eigenvalue weighted by molar-refractivity contribution is 5.91. The molecule has 2 fully saturated rings. The van der Waals surface area contributed by atoms with Gasteiger partial charge in [-0.05, 0) is 18.9 Å². The van der Waals surface area contributed by atoms with Crippen molar-refractivity contribution < 1.29 is 69.7 Å². The van der Waals surface area contributed by atoms with Crippen LogP contribution in [0.5, 0.6) is 17.2 Å². The van der Waals surface area contributed by atoms with Crippen molar-refractivity contribution in [3.05, 3.63) is 17.2 Å². The summed E-state index contributed by atoms with van der Waals surface area (Å²) in [5.74, 6) is -3.45. The first kappa shape index (κ1) is 29.3. The molecule has 14 nitrogen and oxygen atoms in total. The van der Waals surface area contributed by atoms with E-state index in [9.17, 15) is 50.8 Å². The molecule has 0 aromatic heterocycles. The molecule has 0 aliphatic carbocycles. The summed E-state index contributed by atoms with van der Waals surface area (Å²) in [7, 11) is 0. The topological polar surface area (TPSA) is 236 Å². The Bertz CT molecular complexity index is 941. The van der Waals surface area contributed by atoms with Gasteiger partial charge in [0.2, 0.25) is 12.0 Å². The minimum absolute atomic E-state index is 0.0335. The van der Waals surface area contributed by atoms with Crippen LogP contribution in [0, 0.1) is 0 Å². The van der Waals surface area contributed by atoms with Crippen molar-refractivity contribution in [3.63, 3.8) is 0 Å². The quantitative estimate of drug-likeness (QED) is 0.112. The number of carboxylic acid groups (broad SMARTS) is 1. The molecule has 2 heterocycles. The van der Waals surface area contributed by atoms with E-state index in [4.69, 9.17) is 18.9 Å². The lowest BCUT2D eigenvalue weighted by Crippen LogP contribution is -2.60. The maximum absolute atomic E-state index is 11.8. The van der Waals surface area contributed by atoms with E-state index in [0.717, 1.165) is 18.9 Å². The van der Waals surface area contributed by atoms with Gasteiger partial charge in [-0.2, -0.15) is 0 Å². The summed E-state index contributed by atoms with van der Waals surface area (Å²) >= 11 is 0. The number of rotatable bonds is 11. The molecule has 2 aliphatic rings. The first-order chi connectivity index (χ1) is 17.4. The maximum atomic E-state index is 11.8. The summed E-state index contributed by atoms with van der Waals surface area (Å²) < 4.78 is 21.6. The molecule has 9 N–H and O–H groups in total. The molecule has 8 atom stereocenters. The van der Waals surface area contributed by atoms with E-state index in [1.165, 1.54) is 0 Å². The molecular weight excluding hydrogens is 500 g/mol. The number of hydrogen-bond donors (Lipinski definition) is 9. The first-order valence-corrected chi connectivity index (χ1v) is 11.9. The van der Waals surface area contributed by atoms with Gasteiger partial charge in [-0.25, -0.2) is 4.79 Å². The normalized spacial score (nSPS) is 34.0. The second-order valence-corrected chi connectivity index (χ2v) is 9.21. The van der Waals surface area contributed by atoms with Gasteiger partial charge in [0.15, 0.2) is 17.8 Å². The number of carboxylic acids is 1. The van der Waals surface area contributed by atoms with Crippen LogP contribution in [0.2, 0.25) is 0 Å². The van der Waals surface area contributed by atoms with Crippen LogP contribution in [-0.2, 0) is 20.6 Å². The number of ether oxygens (including phenoxy) is 4. The van der Waals surface area contributed by atoms with E-state index in [1.54, 1.807) is 0 Å². The molecule has 1 aromatic rings. The number of aromatic hydroxyl groups is 2. The highest BCUT2D eigenvalue weighted by Crippen LogP contribution is 2.43. The van der Waals surface area contributed by atoms with Crippen LogP contribution in [0.15, 0.2) is 6.07 Å². The number of aliphatic hydroxyl groups is 6. The maximum Gasteiger partial charge on any atom is 0.336 e. The zero-order chi connectivity index (χ0) is 27.5. The minimum atomic E-state index is -1.96. The number of hydrogen-bond acceptors (Lipinski definition) is 13. The Hall–Kier alpha value is -2.27. The van der Waals surface area contributed by atoms with Crippen LogP contribution in [-0.4, -0.2) is 120 Å². The Morgan fingerprint density at radius 3 is 2.41 bits per heavy atom. The van der Waals surface area contributed by atoms with E-state index >= 15 is 0 Å². The van der Waals surface area contributed by atoms with Gasteiger partial charge in [-0.1, -0.05) is 19.8 Å². The molecule has 2 saturated heterocycles. The fourth-order valence-corrected chi connectivity index (χ4v) is 4.18. The Labute approximate surface area is 211 Å². The third kappa shape index (κ3) is 6.08. The predicted molar refractivity (Wildman–Crippen MR) is 121 cm³/mol. The summed E-state index contributed by atoms with van der Waals surface area (Å²) in [6.45, 7) is 0.165. The van der Waals surface area contributed by atoms with Crippen molar-refractivity contribution in [3.8, 4) is 17.2 Å². The molecule has 0 radical (unpaired) electrons. The highest BCUT2D eigenvalue weighted by atomic mass is 16.7. The number of carbonyl (C=O) groups is 1. The lowest BCUT2D eigenvalue weighted by Gasteiger charge is -2.40. The summed E-state index contributed by atoms with van der Waals surface area (Å²) in [5.41, 5.74) is -2.26.